The molecule has 2 aromatic carbocycles. The molecule has 0 aliphatic carbocycles. The lowest BCUT2D eigenvalue weighted by Crippen LogP contribution is -2.29. The lowest BCUT2D eigenvalue weighted by Gasteiger charge is -2.26. The molecule has 3 heterocycles. The van der Waals surface area contributed by atoms with Crippen molar-refractivity contribution in [3.05, 3.63) is 80.6 Å². The quantitative estimate of drug-likeness (QED) is 0.202. The summed E-state index contributed by atoms with van der Waals surface area (Å²) >= 11 is 6.43. The zero-order valence-electron chi connectivity index (χ0n) is 17.3. The molecular weight excluding hydrogens is 504 g/mol. The van der Waals surface area contributed by atoms with Gasteiger partial charge in [-0.05, 0) is 29.7 Å². The minimum absolute atomic E-state index is 0.0480. The maximum absolute atomic E-state index is 12.5. The van der Waals surface area contributed by atoms with Crippen molar-refractivity contribution >= 4 is 60.8 Å². The van der Waals surface area contributed by atoms with Gasteiger partial charge in [-0.25, -0.2) is 9.97 Å². The van der Waals surface area contributed by atoms with Crippen LogP contribution in [0, 0.1) is 0 Å². The molecule has 32 heavy (non-hydrogen) atoms. The summed E-state index contributed by atoms with van der Waals surface area (Å²) in [5.41, 5.74) is 9.65. The van der Waals surface area contributed by atoms with Gasteiger partial charge in [-0.15, -0.1) is 11.3 Å². The number of nitrogens with zero attached hydrogens (tertiary/aromatic N) is 3. The second-order valence-corrected chi connectivity index (χ2v) is 10.7. The van der Waals surface area contributed by atoms with Gasteiger partial charge >= 0.3 is 0 Å². The van der Waals surface area contributed by atoms with Gasteiger partial charge in [0.2, 0.25) is 0 Å². The Morgan fingerprint density at radius 2 is 1.91 bits per heavy atom. The molecule has 5 nitrogen and oxygen atoms in total. The zero-order valence-corrected chi connectivity index (χ0v) is 20.5. The number of thiophene rings is 1. The highest BCUT2D eigenvalue weighted by Crippen LogP contribution is 2.38. The fourth-order valence-corrected chi connectivity index (χ4v) is 6.28. The van der Waals surface area contributed by atoms with E-state index in [9.17, 15) is 4.79 Å². The van der Waals surface area contributed by atoms with E-state index in [4.69, 9.17) is 10.7 Å². The molecule has 4 aromatic rings. The maximum Gasteiger partial charge on any atom is 0.191 e. The van der Waals surface area contributed by atoms with Gasteiger partial charge in [0.05, 0.1) is 11.1 Å². The second-order valence-electron chi connectivity index (χ2n) is 7.74. The van der Waals surface area contributed by atoms with Crippen molar-refractivity contribution in [1.82, 2.24) is 14.9 Å². The van der Waals surface area contributed by atoms with Crippen LogP contribution in [0.5, 0.6) is 0 Å². The molecule has 1 aliphatic rings. The number of thioether (sulfide) groups is 1. The minimum Gasteiger partial charge on any atom is -0.383 e. The van der Waals surface area contributed by atoms with Gasteiger partial charge in [0.25, 0.3) is 0 Å². The van der Waals surface area contributed by atoms with Crippen LogP contribution in [0.2, 0.25) is 0 Å². The van der Waals surface area contributed by atoms with Gasteiger partial charge in [-0.1, -0.05) is 70.2 Å². The van der Waals surface area contributed by atoms with Crippen LogP contribution in [0.4, 0.5) is 5.82 Å². The number of halogens is 1. The van der Waals surface area contributed by atoms with E-state index in [2.05, 4.69) is 50.1 Å². The summed E-state index contributed by atoms with van der Waals surface area (Å²) in [7, 11) is 0. The Bertz CT molecular complexity index is 1270. The summed E-state index contributed by atoms with van der Waals surface area (Å²) < 4.78 is 0.951. The van der Waals surface area contributed by atoms with Gasteiger partial charge in [0.1, 0.15) is 10.6 Å². The van der Waals surface area contributed by atoms with Crippen LogP contribution in [0.15, 0.2) is 64.2 Å². The highest BCUT2D eigenvalue weighted by atomic mass is 79.9. The number of nitrogens with two attached hydrogens (primary N) is 1. The normalized spacial score (nSPS) is 13.9. The number of rotatable bonds is 6. The molecule has 0 radical (unpaired) electrons. The minimum atomic E-state index is 0.0480. The fraction of sp³-hybridized carbons (Fsp3) is 0.208. The SMILES string of the molecule is Nc1nc(SCC(=O)c2ccc(Br)cc2)nc2sc3c(c12)CCN(Cc1ccccc1)C3. The Kier molecular flexibility index (Phi) is 6.28. The largest absolute Gasteiger partial charge is 0.383 e. The first-order chi connectivity index (χ1) is 15.6. The van der Waals surface area contributed by atoms with Crippen LogP contribution in [-0.4, -0.2) is 32.9 Å². The van der Waals surface area contributed by atoms with Crippen molar-refractivity contribution in [2.24, 2.45) is 0 Å². The molecule has 2 N–H and O–H groups in total. The summed E-state index contributed by atoms with van der Waals surface area (Å²) in [5, 5.41) is 1.55. The molecule has 0 unspecified atom stereocenters. The molecule has 0 spiro atoms. The molecule has 0 saturated heterocycles. The van der Waals surface area contributed by atoms with Crippen LogP contribution < -0.4 is 5.73 Å². The number of ketones is 1. The Hall–Kier alpha value is -2.26. The monoisotopic (exact) mass is 524 g/mol. The third-order valence-corrected chi connectivity index (χ3v) is 8.02. The number of fused-ring (bicyclic) bond motifs is 3. The van der Waals surface area contributed by atoms with Gasteiger partial charge < -0.3 is 5.73 Å². The predicted octanol–water partition coefficient (Wildman–Crippen LogP) is 5.57. The van der Waals surface area contributed by atoms with Crippen molar-refractivity contribution in [3.8, 4) is 0 Å². The zero-order chi connectivity index (χ0) is 22.1. The summed E-state index contributed by atoms with van der Waals surface area (Å²) in [6.45, 7) is 2.83. The molecule has 162 valence electrons. The number of nitrogen functional groups attached to an aromatic ring is 1. The van der Waals surface area contributed by atoms with Crippen LogP contribution in [0.3, 0.4) is 0 Å². The van der Waals surface area contributed by atoms with Crippen LogP contribution in [0.1, 0.15) is 26.4 Å². The summed E-state index contributed by atoms with van der Waals surface area (Å²) in [5.74, 6) is 0.845. The van der Waals surface area contributed by atoms with Crippen molar-refractivity contribution in [2.75, 3.05) is 18.0 Å². The van der Waals surface area contributed by atoms with Crippen molar-refractivity contribution in [3.63, 3.8) is 0 Å². The van der Waals surface area contributed by atoms with Crippen molar-refractivity contribution in [2.45, 2.75) is 24.7 Å². The second kappa shape index (κ2) is 9.31. The molecule has 2 aromatic heterocycles. The molecule has 0 amide bonds. The highest BCUT2D eigenvalue weighted by Gasteiger charge is 2.24. The molecular formula is C24H21BrN4OS2. The average Bonchev–Trinajstić information content (AvgIpc) is 3.16. The Labute approximate surface area is 203 Å². The van der Waals surface area contributed by atoms with Gasteiger partial charge in [-0.2, -0.15) is 0 Å². The van der Waals surface area contributed by atoms with Crippen molar-refractivity contribution in [1.29, 1.82) is 0 Å². The fourth-order valence-electron chi connectivity index (χ4n) is 3.95. The third-order valence-electron chi connectivity index (χ3n) is 5.53. The van der Waals surface area contributed by atoms with Gasteiger partial charge in [0, 0.05) is 34.5 Å². The number of Topliss-reactive ketones (excluding diaryl/α,β-unsaturated/α-hetero) is 1. The van der Waals surface area contributed by atoms with Gasteiger partial charge in [0.15, 0.2) is 10.9 Å². The number of anilines is 1. The van der Waals surface area contributed by atoms with Gasteiger partial charge in [-0.3, -0.25) is 9.69 Å². The number of benzene rings is 2. The van der Waals surface area contributed by atoms with E-state index < -0.39 is 0 Å². The van der Waals surface area contributed by atoms with E-state index >= 15 is 0 Å². The first-order valence-electron chi connectivity index (χ1n) is 10.3. The van der Waals surface area contributed by atoms with E-state index in [0.29, 0.717) is 16.5 Å². The molecule has 1 aliphatic heterocycles. The third kappa shape index (κ3) is 4.59. The lowest BCUT2D eigenvalue weighted by molar-refractivity contribution is 0.102. The Morgan fingerprint density at radius 3 is 2.69 bits per heavy atom. The topological polar surface area (TPSA) is 72.1 Å². The van der Waals surface area contributed by atoms with E-state index in [1.165, 1.54) is 27.8 Å². The molecule has 0 bridgehead atoms. The number of carbonyl (C=O) groups excluding carboxylic acids is 1. The standard InChI is InChI=1S/C24H21BrN4OS2/c25-17-8-6-16(7-9-17)19(30)14-31-24-27-22(26)21-18-10-11-29(12-15-4-2-1-3-5-15)13-20(18)32-23(21)28-24/h1-9H,10-14H2,(H2,26,27,28). The Morgan fingerprint density at radius 1 is 1.12 bits per heavy atom. The summed E-state index contributed by atoms with van der Waals surface area (Å²) in [6, 6.07) is 17.9. The highest BCUT2D eigenvalue weighted by molar-refractivity contribution is 9.10. The number of hydrogen-bond donors (Lipinski definition) is 1. The molecule has 0 saturated carbocycles. The lowest BCUT2D eigenvalue weighted by atomic mass is 10.0. The van der Waals surface area contributed by atoms with Crippen molar-refractivity contribution < 1.29 is 4.79 Å². The van der Waals surface area contributed by atoms with E-state index in [-0.39, 0.29) is 11.5 Å². The van der Waals surface area contributed by atoms with E-state index in [1.54, 1.807) is 11.3 Å². The maximum atomic E-state index is 12.5. The molecule has 0 atom stereocenters. The Balaban J connectivity index is 1.32. The first kappa shape index (κ1) is 21.6. The van der Waals surface area contributed by atoms with E-state index in [0.717, 1.165) is 40.7 Å². The first-order valence-corrected chi connectivity index (χ1v) is 12.9. The van der Waals surface area contributed by atoms with Crippen LogP contribution >= 0.6 is 39.0 Å². The summed E-state index contributed by atoms with van der Waals surface area (Å²) in [6.07, 6.45) is 0.949. The number of carbonyl (C=O) groups is 1. The predicted molar refractivity (Wildman–Crippen MR) is 135 cm³/mol. The van der Waals surface area contributed by atoms with Crippen LogP contribution in [0.25, 0.3) is 10.2 Å². The molecule has 0 fully saturated rings. The summed E-state index contributed by atoms with van der Waals surface area (Å²) in [4.78, 5) is 26.4. The number of hydrogen-bond acceptors (Lipinski definition) is 7. The molecule has 5 rings (SSSR count). The average molecular weight is 525 g/mol. The molecule has 8 heteroatoms. The smallest absolute Gasteiger partial charge is 0.191 e. The van der Waals surface area contributed by atoms with Crippen LogP contribution in [-0.2, 0) is 19.5 Å². The van der Waals surface area contributed by atoms with E-state index in [1.807, 2.05) is 30.3 Å². The number of aromatic nitrogens is 2.